The largest absolute Gasteiger partial charge is 0.472 e. The maximum atomic E-state index is 12.7. The van der Waals surface area contributed by atoms with Crippen LogP contribution in [0.4, 0.5) is 0 Å². The average Bonchev–Trinajstić information content (AvgIpc) is 3.19. The van der Waals surface area contributed by atoms with Crippen molar-refractivity contribution in [2.75, 3.05) is 13.2 Å². The summed E-state index contributed by atoms with van der Waals surface area (Å²) >= 11 is 0. The van der Waals surface area contributed by atoms with Crippen LogP contribution in [-0.2, 0) is 32.7 Å². The van der Waals surface area contributed by atoms with Gasteiger partial charge in [-0.1, -0.05) is 140 Å². The van der Waals surface area contributed by atoms with Crippen LogP contribution >= 0.6 is 7.82 Å². The molecule has 0 saturated heterocycles. The van der Waals surface area contributed by atoms with Crippen LogP contribution in [0.2, 0.25) is 0 Å². The van der Waals surface area contributed by atoms with Crippen LogP contribution in [0, 0.1) is 0 Å². The average molecular weight is 831 g/mol. The number of aliphatic hydroxyl groups excluding tert-OH is 5. The Hall–Kier alpha value is -2.19. The van der Waals surface area contributed by atoms with Crippen LogP contribution in [0.3, 0.4) is 0 Å². The summed E-state index contributed by atoms with van der Waals surface area (Å²) in [5.41, 5.74) is 0. The molecule has 330 valence electrons. The standard InChI is InChI=1S/C43H75O13P/c1-3-5-7-9-11-12-13-14-15-16-17-18-19-20-21-22-23-24-26-28-30-32-37(45)55-35(33-53-36(44)31-29-27-25-10-8-6-4-2)34-54-57(51,52)56-43-41(49)39(47)38(46)40(48)42(43)50/h15-16,18-19,21-22,24,26,35,38-43,46-50H,3-14,17,20,23,25,27-34H2,1-2H3,(H,51,52)/b16-15+,19-18+,22-21+,26-24+/t35-,38?,39-,40?,41?,42?,43?/m1/s1. The van der Waals surface area contributed by atoms with Crippen LogP contribution < -0.4 is 0 Å². The molecule has 6 unspecified atom stereocenters. The first-order valence-electron chi connectivity index (χ1n) is 21.4. The first-order valence-corrected chi connectivity index (χ1v) is 22.9. The molecule has 57 heavy (non-hydrogen) atoms. The predicted octanol–water partition coefficient (Wildman–Crippen LogP) is 7.61. The molecule has 1 aliphatic carbocycles. The van der Waals surface area contributed by atoms with Gasteiger partial charge in [0, 0.05) is 12.8 Å². The van der Waals surface area contributed by atoms with E-state index in [4.69, 9.17) is 18.5 Å². The van der Waals surface area contributed by atoms with E-state index in [9.17, 15) is 44.6 Å². The Labute approximate surface area is 341 Å². The number of allylic oxidation sites excluding steroid dienone is 8. The highest BCUT2D eigenvalue weighted by Crippen LogP contribution is 2.47. The van der Waals surface area contributed by atoms with Crippen LogP contribution in [0.25, 0.3) is 0 Å². The number of aliphatic hydroxyl groups is 5. The molecule has 0 bridgehead atoms. The molecule has 1 rings (SSSR count). The SMILES string of the molecule is CCCCCCCCC/C=C/C/C=C/C/C=C/C/C=C/CCCC(=O)O[C@H](COC(=O)CCCCCCCCC)COP(=O)(O)OC1C(O)C(O)C(O)[C@@H](O)C1O. The molecule has 0 radical (unpaired) electrons. The summed E-state index contributed by atoms with van der Waals surface area (Å²) in [5.74, 6) is -1.17. The fraction of sp³-hybridized carbons (Fsp3) is 0.767. The van der Waals surface area contributed by atoms with Crippen LogP contribution in [0.1, 0.15) is 155 Å². The van der Waals surface area contributed by atoms with Gasteiger partial charge in [0.05, 0.1) is 6.61 Å². The minimum atomic E-state index is -5.12. The maximum absolute atomic E-state index is 12.7. The summed E-state index contributed by atoms with van der Waals surface area (Å²) < 4.78 is 33.2. The second-order valence-corrected chi connectivity index (χ2v) is 16.3. The van der Waals surface area contributed by atoms with E-state index in [0.717, 1.165) is 57.8 Å². The van der Waals surface area contributed by atoms with Gasteiger partial charge in [-0.05, 0) is 51.4 Å². The highest BCUT2D eigenvalue weighted by atomic mass is 31.2. The van der Waals surface area contributed by atoms with Gasteiger partial charge >= 0.3 is 19.8 Å². The molecule has 0 spiro atoms. The van der Waals surface area contributed by atoms with E-state index >= 15 is 0 Å². The van der Waals surface area contributed by atoms with E-state index < -0.39 is 75.7 Å². The monoisotopic (exact) mass is 830 g/mol. The fourth-order valence-electron chi connectivity index (χ4n) is 6.16. The molecule has 14 heteroatoms. The normalized spacial score (nSPS) is 23.2. The smallest absolute Gasteiger partial charge is 0.462 e. The van der Waals surface area contributed by atoms with Gasteiger partial charge in [-0.2, -0.15) is 0 Å². The minimum Gasteiger partial charge on any atom is -0.462 e. The Kier molecular flexibility index (Phi) is 31.2. The molecule has 8 atom stereocenters. The third-order valence-electron chi connectivity index (χ3n) is 9.67. The van der Waals surface area contributed by atoms with Crippen molar-refractivity contribution in [3.8, 4) is 0 Å². The highest BCUT2D eigenvalue weighted by Gasteiger charge is 2.51. The molecule has 0 aromatic heterocycles. The number of rotatable bonds is 34. The third kappa shape index (κ3) is 26.5. The lowest BCUT2D eigenvalue weighted by Crippen LogP contribution is -2.64. The molecule has 0 aromatic rings. The molecule has 1 aliphatic rings. The number of carbonyl (C=O) groups excluding carboxylic acids is 2. The number of hydrogen-bond acceptors (Lipinski definition) is 12. The first-order chi connectivity index (χ1) is 27.4. The van der Waals surface area contributed by atoms with E-state index in [2.05, 4.69) is 50.3 Å². The van der Waals surface area contributed by atoms with Crippen molar-refractivity contribution < 1.29 is 63.1 Å². The Morgan fingerprint density at radius 3 is 1.49 bits per heavy atom. The van der Waals surface area contributed by atoms with Gasteiger partial charge in [0.1, 0.15) is 43.2 Å². The number of phosphoric ester groups is 1. The number of esters is 2. The van der Waals surface area contributed by atoms with Gasteiger partial charge in [-0.25, -0.2) is 4.57 Å². The van der Waals surface area contributed by atoms with Crippen molar-refractivity contribution in [1.29, 1.82) is 0 Å². The molecule has 0 aromatic carbocycles. The Morgan fingerprint density at radius 2 is 0.965 bits per heavy atom. The van der Waals surface area contributed by atoms with E-state index in [1.807, 2.05) is 12.2 Å². The lowest BCUT2D eigenvalue weighted by Gasteiger charge is -2.41. The molecule has 0 aliphatic heterocycles. The topological polar surface area (TPSA) is 210 Å². The summed E-state index contributed by atoms with van der Waals surface area (Å²) in [4.78, 5) is 35.4. The van der Waals surface area contributed by atoms with Crippen molar-refractivity contribution >= 4 is 19.8 Å². The lowest BCUT2D eigenvalue weighted by atomic mass is 9.85. The molecule has 1 fully saturated rings. The highest BCUT2D eigenvalue weighted by molar-refractivity contribution is 7.47. The Balaban J connectivity index is 2.48. The number of hydrogen-bond donors (Lipinski definition) is 6. The first kappa shape index (κ1) is 52.8. The zero-order chi connectivity index (χ0) is 42.2. The molecular weight excluding hydrogens is 755 g/mol. The van der Waals surface area contributed by atoms with Gasteiger partial charge in [0.2, 0.25) is 0 Å². The summed E-state index contributed by atoms with van der Waals surface area (Å²) in [7, 11) is -5.12. The van der Waals surface area contributed by atoms with Crippen molar-refractivity contribution in [1.82, 2.24) is 0 Å². The maximum Gasteiger partial charge on any atom is 0.472 e. The van der Waals surface area contributed by atoms with E-state index in [1.165, 1.54) is 51.4 Å². The lowest BCUT2D eigenvalue weighted by molar-refractivity contribution is -0.220. The number of unbranched alkanes of at least 4 members (excludes halogenated alkanes) is 14. The van der Waals surface area contributed by atoms with Crippen molar-refractivity contribution in [2.45, 2.75) is 198 Å². The van der Waals surface area contributed by atoms with Crippen LogP contribution in [-0.4, -0.2) is 98.3 Å². The zero-order valence-electron chi connectivity index (χ0n) is 34.6. The second kappa shape index (κ2) is 33.6. The molecule has 6 N–H and O–H groups in total. The molecule has 1 saturated carbocycles. The van der Waals surface area contributed by atoms with Gasteiger partial charge in [-0.3, -0.25) is 18.6 Å². The van der Waals surface area contributed by atoms with Gasteiger partial charge in [0.15, 0.2) is 6.10 Å². The minimum absolute atomic E-state index is 0.0206. The van der Waals surface area contributed by atoms with E-state index in [-0.39, 0.29) is 12.8 Å². The van der Waals surface area contributed by atoms with Gasteiger partial charge < -0.3 is 39.9 Å². The molecule has 0 heterocycles. The molecular formula is C43H75O13P. The van der Waals surface area contributed by atoms with E-state index in [0.29, 0.717) is 19.3 Å². The van der Waals surface area contributed by atoms with Gasteiger partial charge in [0.25, 0.3) is 0 Å². The fourth-order valence-corrected chi connectivity index (χ4v) is 7.13. The third-order valence-corrected chi connectivity index (χ3v) is 10.7. The summed E-state index contributed by atoms with van der Waals surface area (Å²) in [6.45, 7) is 3.17. The van der Waals surface area contributed by atoms with Gasteiger partial charge in [-0.15, -0.1) is 0 Å². The Morgan fingerprint density at radius 1 is 0.544 bits per heavy atom. The Bertz CT molecular complexity index is 1190. The number of phosphoric acid groups is 1. The van der Waals surface area contributed by atoms with Crippen LogP contribution in [0.15, 0.2) is 48.6 Å². The molecule has 0 amide bonds. The van der Waals surface area contributed by atoms with Crippen molar-refractivity contribution in [3.05, 3.63) is 48.6 Å². The summed E-state index contributed by atoms with van der Waals surface area (Å²) in [6.07, 6.45) is 25.1. The summed E-state index contributed by atoms with van der Waals surface area (Å²) in [5, 5.41) is 49.9. The predicted molar refractivity (Wildman–Crippen MR) is 221 cm³/mol. The summed E-state index contributed by atoms with van der Waals surface area (Å²) in [6, 6.07) is 0. The van der Waals surface area contributed by atoms with Crippen LogP contribution in [0.5, 0.6) is 0 Å². The molecule has 13 nitrogen and oxygen atoms in total. The van der Waals surface area contributed by atoms with Crippen molar-refractivity contribution in [3.63, 3.8) is 0 Å². The van der Waals surface area contributed by atoms with Crippen molar-refractivity contribution in [2.24, 2.45) is 0 Å². The van der Waals surface area contributed by atoms with E-state index in [1.54, 1.807) is 0 Å². The zero-order valence-corrected chi connectivity index (χ0v) is 35.5. The number of carbonyl (C=O) groups is 2. The second-order valence-electron chi connectivity index (χ2n) is 14.8. The quantitative estimate of drug-likeness (QED) is 0.0160. The number of ether oxygens (including phenoxy) is 2.